The van der Waals surface area contributed by atoms with Crippen molar-refractivity contribution >= 4 is 17.5 Å². The van der Waals surface area contributed by atoms with Crippen LogP contribution in [0.5, 0.6) is 0 Å². The minimum atomic E-state index is -4.14. The monoisotopic (exact) mass is 279 g/mol. The van der Waals surface area contributed by atoms with Gasteiger partial charge in [0.2, 0.25) is 5.95 Å². The summed E-state index contributed by atoms with van der Waals surface area (Å²) >= 11 is 5.61. The Kier molecular flexibility index (Phi) is 3.94. The summed E-state index contributed by atoms with van der Waals surface area (Å²) in [6, 6.07) is 0. The van der Waals surface area contributed by atoms with E-state index in [0.717, 1.165) is 5.56 Å². The standard InChI is InChI=1S/C11H13ClF3N3/c12-4-8-5-16-10(17-6-8)18-3-1-2-9(7-18)11(13,14)15/h5-6,9H,1-4,7H2. The number of hydrogen-bond donors (Lipinski definition) is 0. The molecule has 1 unspecified atom stereocenters. The van der Waals surface area contributed by atoms with E-state index < -0.39 is 12.1 Å². The quantitative estimate of drug-likeness (QED) is 0.779. The molecule has 0 aliphatic carbocycles. The first-order valence-electron chi connectivity index (χ1n) is 5.69. The highest BCUT2D eigenvalue weighted by atomic mass is 35.5. The van der Waals surface area contributed by atoms with Gasteiger partial charge in [-0.1, -0.05) is 0 Å². The van der Waals surface area contributed by atoms with Gasteiger partial charge in [-0.15, -0.1) is 11.6 Å². The molecule has 0 N–H and O–H groups in total. The lowest BCUT2D eigenvalue weighted by Crippen LogP contribution is -2.42. The van der Waals surface area contributed by atoms with Gasteiger partial charge in [0.1, 0.15) is 0 Å². The van der Waals surface area contributed by atoms with Crippen molar-refractivity contribution in [2.45, 2.75) is 24.9 Å². The normalized spacial score (nSPS) is 21.1. The number of piperidine rings is 1. The maximum Gasteiger partial charge on any atom is 0.393 e. The zero-order chi connectivity index (χ0) is 13.2. The maximum atomic E-state index is 12.7. The summed E-state index contributed by atoms with van der Waals surface area (Å²) in [6.07, 6.45) is -0.363. The molecule has 18 heavy (non-hydrogen) atoms. The average Bonchev–Trinajstić information content (AvgIpc) is 2.38. The van der Waals surface area contributed by atoms with Crippen molar-refractivity contribution in [3.8, 4) is 0 Å². The third-order valence-electron chi connectivity index (χ3n) is 3.01. The molecule has 0 aromatic carbocycles. The van der Waals surface area contributed by atoms with Crippen molar-refractivity contribution < 1.29 is 13.2 Å². The summed E-state index contributed by atoms with van der Waals surface area (Å²) in [7, 11) is 0. The van der Waals surface area contributed by atoms with E-state index in [4.69, 9.17) is 11.6 Å². The fourth-order valence-electron chi connectivity index (χ4n) is 2.01. The zero-order valence-corrected chi connectivity index (χ0v) is 10.4. The van der Waals surface area contributed by atoms with Crippen LogP contribution in [0, 0.1) is 5.92 Å². The molecular weight excluding hydrogens is 267 g/mol. The number of alkyl halides is 4. The van der Waals surface area contributed by atoms with Crippen LogP contribution in [0.1, 0.15) is 18.4 Å². The second kappa shape index (κ2) is 5.30. The Balaban J connectivity index is 2.08. The second-order valence-corrected chi connectivity index (χ2v) is 4.62. The molecule has 3 nitrogen and oxygen atoms in total. The molecule has 7 heteroatoms. The predicted octanol–water partition coefficient (Wildman–Crippen LogP) is 2.99. The highest BCUT2D eigenvalue weighted by Gasteiger charge is 2.42. The Hall–Kier alpha value is -1.04. The van der Waals surface area contributed by atoms with Crippen molar-refractivity contribution in [1.29, 1.82) is 0 Å². The maximum absolute atomic E-state index is 12.7. The molecule has 1 saturated heterocycles. The van der Waals surface area contributed by atoms with Gasteiger partial charge in [0.05, 0.1) is 11.8 Å². The molecule has 0 amide bonds. The largest absolute Gasteiger partial charge is 0.393 e. The van der Waals surface area contributed by atoms with Crippen LogP contribution in [0.2, 0.25) is 0 Å². The van der Waals surface area contributed by atoms with Crippen LogP contribution in [0.15, 0.2) is 12.4 Å². The number of anilines is 1. The molecule has 0 spiro atoms. The molecule has 1 aliphatic rings. The van der Waals surface area contributed by atoms with E-state index >= 15 is 0 Å². The number of rotatable bonds is 2. The minimum Gasteiger partial charge on any atom is -0.340 e. The molecule has 0 bridgehead atoms. The van der Waals surface area contributed by atoms with Gasteiger partial charge in [0, 0.05) is 31.0 Å². The van der Waals surface area contributed by atoms with Crippen molar-refractivity contribution in [3.63, 3.8) is 0 Å². The fourth-order valence-corrected chi connectivity index (χ4v) is 2.14. The molecule has 1 aromatic rings. The van der Waals surface area contributed by atoms with E-state index in [2.05, 4.69) is 9.97 Å². The second-order valence-electron chi connectivity index (χ2n) is 4.35. The van der Waals surface area contributed by atoms with Crippen molar-refractivity contribution in [2.24, 2.45) is 5.92 Å². The molecular formula is C11H13ClF3N3. The lowest BCUT2D eigenvalue weighted by Gasteiger charge is -2.33. The van der Waals surface area contributed by atoms with Crippen LogP contribution in [0.3, 0.4) is 0 Å². The molecule has 100 valence electrons. The van der Waals surface area contributed by atoms with Crippen LogP contribution in [-0.2, 0) is 5.88 Å². The smallest absolute Gasteiger partial charge is 0.340 e. The van der Waals surface area contributed by atoms with Gasteiger partial charge in [0.25, 0.3) is 0 Å². The molecule has 2 heterocycles. The number of aromatic nitrogens is 2. The molecule has 2 rings (SSSR count). The van der Waals surface area contributed by atoms with Gasteiger partial charge < -0.3 is 4.90 Å². The lowest BCUT2D eigenvalue weighted by molar-refractivity contribution is -0.176. The van der Waals surface area contributed by atoms with Crippen LogP contribution < -0.4 is 4.90 Å². The van der Waals surface area contributed by atoms with Crippen molar-refractivity contribution in [2.75, 3.05) is 18.0 Å². The first-order valence-corrected chi connectivity index (χ1v) is 6.22. The fraction of sp³-hybridized carbons (Fsp3) is 0.636. The summed E-state index contributed by atoms with van der Waals surface area (Å²) in [5, 5.41) is 0. The number of halogens is 4. The van der Waals surface area contributed by atoms with E-state index in [-0.39, 0.29) is 13.0 Å². The molecule has 1 aromatic heterocycles. The molecule has 1 fully saturated rings. The summed E-state index contributed by atoms with van der Waals surface area (Å²) in [4.78, 5) is 9.69. The van der Waals surface area contributed by atoms with Gasteiger partial charge in [-0.3, -0.25) is 0 Å². The third kappa shape index (κ3) is 3.04. The zero-order valence-electron chi connectivity index (χ0n) is 9.62. The predicted molar refractivity (Wildman–Crippen MR) is 62.6 cm³/mol. The van der Waals surface area contributed by atoms with Gasteiger partial charge in [0.15, 0.2) is 0 Å². The Morgan fingerprint density at radius 1 is 1.33 bits per heavy atom. The molecule has 1 atom stereocenters. The minimum absolute atomic E-state index is 0.0658. The summed E-state index contributed by atoms with van der Waals surface area (Å²) in [6.45, 7) is 0.497. The van der Waals surface area contributed by atoms with Crippen LogP contribution in [-0.4, -0.2) is 29.2 Å². The van der Waals surface area contributed by atoms with Crippen molar-refractivity contribution in [1.82, 2.24) is 9.97 Å². The SMILES string of the molecule is FC(F)(F)C1CCCN(c2ncc(CCl)cn2)C1. The van der Waals surface area contributed by atoms with Crippen LogP contribution in [0.25, 0.3) is 0 Å². The van der Waals surface area contributed by atoms with Crippen molar-refractivity contribution in [3.05, 3.63) is 18.0 Å². The first kappa shape index (κ1) is 13.4. The van der Waals surface area contributed by atoms with Crippen LogP contribution >= 0.6 is 11.6 Å². The van der Waals surface area contributed by atoms with E-state index in [0.29, 0.717) is 24.8 Å². The summed E-state index contributed by atoms with van der Waals surface area (Å²) in [5.74, 6) is -0.647. The number of nitrogens with zero attached hydrogens (tertiary/aromatic N) is 3. The Bertz CT molecular complexity index is 394. The van der Waals surface area contributed by atoms with Crippen LogP contribution in [0.4, 0.5) is 19.1 Å². The first-order chi connectivity index (χ1) is 8.50. The Labute approximate surface area is 108 Å². The van der Waals surface area contributed by atoms with Gasteiger partial charge in [-0.2, -0.15) is 13.2 Å². The third-order valence-corrected chi connectivity index (χ3v) is 3.32. The van der Waals surface area contributed by atoms with Gasteiger partial charge in [-0.05, 0) is 12.8 Å². The van der Waals surface area contributed by atoms with E-state index in [1.807, 2.05) is 0 Å². The summed E-state index contributed by atoms with van der Waals surface area (Å²) < 4.78 is 38.0. The van der Waals surface area contributed by atoms with E-state index in [1.165, 1.54) is 0 Å². The topological polar surface area (TPSA) is 29.0 Å². The molecule has 1 aliphatic heterocycles. The Morgan fingerprint density at radius 2 is 2.00 bits per heavy atom. The molecule has 0 radical (unpaired) electrons. The van der Waals surface area contributed by atoms with E-state index in [1.54, 1.807) is 17.3 Å². The highest BCUT2D eigenvalue weighted by Crippen LogP contribution is 2.33. The van der Waals surface area contributed by atoms with E-state index in [9.17, 15) is 13.2 Å². The van der Waals surface area contributed by atoms with Gasteiger partial charge in [-0.25, -0.2) is 9.97 Å². The lowest BCUT2D eigenvalue weighted by atomic mass is 9.98. The Morgan fingerprint density at radius 3 is 2.56 bits per heavy atom. The summed E-state index contributed by atoms with van der Waals surface area (Å²) in [5.41, 5.74) is 0.754. The highest BCUT2D eigenvalue weighted by molar-refractivity contribution is 6.17. The molecule has 0 saturated carbocycles. The number of hydrogen-bond acceptors (Lipinski definition) is 3. The van der Waals surface area contributed by atoms with Gasteiger partial charge >= 0.3 is 6.18 Å². The average molecular weight is 280 g/mol.